The van der Waals surface area contributed by atoms with E-state index in [1.807, 2.05) is 27.0 Å². The Hall–Kier alpha value is -2.60. The molecule has 0 radical (unpaired) electrons. The normalized spacial score (nSPS) is 23.4. The fraction of sp³-hybridized carbons (Fsp3) is 0.613. The molecule has 1 aromatic heterocycles. The van der Waals surface area contributed by atoms with E-state index in [2.05, 4.69) is 35.0 Å². The molecular formula is C31H42N2O4. The summed E-state index contributed by atoms with van der Waals surface area (Å²) in [7, 11) is 1.99. The number of carboxylic acids is 1. The Morgan fingerprint density at radius 3 is 2.35 bits per heavy atom. The van der Waals surface area contributed by atoms with Crippen LogP contribution in [0.2, 0.25) is 0 Å². The molecular weight excluding hydrogens is 464 g/mol. The van der Waals surface area contributed by atoms with Crippen molar-refractivity contribution >= 4 is 11.9 Å². The predicted molar refractivity (Wildman–Crippen MR) is 145 cm³/mol. The molecule has 6 nitrogen and oxygen atoms in total. The summed E-state index contributed by atoms with van der Waals surface area (Å²) >= 11 is 0. The molecule has 3 aliphatic carbocycles. The second-order valence-corrected chi connectivity index (χ2v) is 12.8. The summed E-state index contributed by atoms with van der Waals surface area (Å²) in [5, 5.41) is 23.2. The summed E-state index contributed by atoms with van der Waals surface area (Å²) in [5.41, 5.74) is 5.29. The standard InChI is InChI=1S/C31H42N2O4/c1-30(2,37)22-13-20(14-23(17-22)31(3)10-11-31)25-18-27(28(34)32-24-15-21(16-24)29(35)36)33(4)26(25)12-19-8-6-5-7-9-19/h13-14,17-19,21,24,37H,5-12,15-16H2,1-4H3,(H,32,34)(H,35,36)/t21-,24-. The molecule has 0 bridgehead atoms. The quantitative estimate of drug-likeness (QED) is 0.429. The van der Waals surface area contributed by atoms with Gasteiger partial charge in [0.2, 0.25) is 0 Å². The van der Waals surface area contributed by atoms with Crippen molar-refractivity contribution in [3.63, 3.8) is 0 Å². The number of carbonyl (C=O) groups excluding carboxylic acids is 1. The van der Waals surface area contributed by atoms with E-state index in [0.717, 1.165) is 36.0 Å². The van der Waals surface area contributed by atoms with Crippen LogP contribution >= 0.6 is 0 Å². The topological polar surface area (TPSA) is 91.6 Å². The Morgan fingerprint density at radius 1 is 1.08 bits per heavy atom. The zero-order valence-corrected chi connectivity index (χ0v) is 22.8. The van der Waals surface area contributed by atoms with Gasteiger partial charge in [0.05, 0.1) is 11.5 Å². The van der Waals surface area contributed by atoms with E-state index in [9.17, 15) is 19.8 Å². The van der Waals surface area contributed by atoms with E-state index in [1.54, 1.807) is 0 Å². The van der Waals surface area contributed by atoms with Crippen LogP contribution in [0, 0.1) is 11.8 Å². The fourth-order valence-electron chi connectivity index (χ4n) is 6.18. The van der Waals surface area contributed by atoms with Gasteiger partial charge in [-0.05, 0) is 86.1 Å². The number of amides is 1. The van der Waals surface area contributed by atoms with E-state index in [1.165, 1.54) is 43.4 Å². The molecule has 0 unspecified atom stereocenters. The highest BCUT2D eigenvalue weighted by Gasteiger charge is 2.40. The van der Waals surface area contributed by atoms with Crippen LogP contribution in [0.5, 0.6) is 0 Å². The lowest BCUT2D eigenvalue weighted by Crippen LogP contribution is -2.47. The van der Waals surface area contributed by atoms with Gasteiger partial charge in [0.1, 0.15) is 5.69 Å². The molecule has 37 heavy (non-hydrogen) atoms. The predicted octanol–water partition coefficient (Wildman–Crippen LogP) is 5.69. The van der Waals surface area contributed by atoms with Crippen LogP contribution in [0.4, 0.5) is 0 Å². The van der Waals surface area contributed by atoms with Gasteiger partial charge in [-0.25, -0.2) is 0 Å². The highest BCUT2D eigenvalue weighted by atomic mass is 16.4. The lowest BCUT2D eigenvalue weighted by Gasteiger charge is -2.32. The second kappa shape index (κ2) is 9.61. The Kier molecular flexibility index (Phi) is 6.76. The number of aromatic nitrogens is 1. The summed E-state index contributed by atoms with van der Waals surface area (Å²) < 4.78 is 2.06. The molecule has 0 aliphatic heterocycles. The monoisotopic (exact) mass is 506 g/mol. The molecule has 0 atom stereocenters. The molecule has 200 valence electrons. The van der Waals surface area contributed by atoms with Gasteiger partial charge in [0.25, 0.3) is 5.91 Å². The summed E-state index contributed by atoms with van der Waals surface area (Å²) in [6, 6.07) is 8.45. The highest BCUT2D eigenvalue weighted by molar-refractivity contribution is 5.95. The van der Waals surface area contributed by atoms with E-state index in [0.29, 0.717) is 24.5 Å². The number of hydrogen-bond acceptors (Lipinski definition) is 3. The largest absolute Gasteiger partial charge is 0.481 e. The van der Waals surface area contributed by atoms with Gasteiger partial charge >= 0.3 is 5.97 Å². The molecule has 6 heteroatoms. The number of aliphatic carboxylic acids is 1. The van der Waals surface area contributed by atoms with Gasteiger partial charge in [-0.15, -0.1) is 0 Å². The summed E-state index contributed by atoms with van der Waals surface area (Å²) in [5.74, 6) is -0.672. The third-order valence-electron chi connectivity index (χ3n) is 9.27. The van der Waals surface area contributed by atoms with Crippen LogP contribution < -0.4 is 5.32 Å². The second-order valence-electron chi connectivity index (χ2n) is 12.8. The van der Waals surface area contributed by atoms with Crippen molar-refractivity contribution in [3.05, 3.63) is 46.8 Å². The van der Waals surface area contributed by atoms with Crippen molar-refractivity contribution in [1.29, 1.82) is 0 Å². The van der Waals surface area contributed by atoms with Crippen molar-refractivity contribution in [3.8, 4) is 11.1 Å². The van der Waals surface area contributed by atoms with Crippen molar-refractivity contribution in [2.24, 2.45) is 18.9 Å². The molecule has 3 fully saturated rings. The number of hydrogen-bond donors (Lipinski definition) is 3. The highest BCUT2D eigenvalue weighted by Crippen LogP contribution is 2.49. The smallest absolute Gasteiger partial charge is 0.306 e. The number of nitrogens with one attached hydrogen (secondary N) is 1. The maximum Gasteiger partial charge on any atom is 0.306 e. The van der Waals surface area contributed by atoms with Crippen LogP contribution in [-0.4, -0.2) is 32.7 Å². The van der Waals surface area contributed by atoms with Crippen LogP contribution in [0.3, 0.4) is 0 Å². The first-order chi connectivity index (χ1) is 17.4. The van der Waals surface area contributed by atoms with Gasteiger partial charge in [0, 0.05) is 24.3 Å². The first kappa shape index (κ1) is 26.0. The third kappa shape index (κ3) is 5.36. The van der Waals surface area contributed by atoms with Crippen molar-refractivity contribution in [1.82, 2.24) is 9.88 Å². The summed E-state index contributed by atoms with van der Waals surface area (Å²) in [6.45, 7) is 5.96. The SMILES string of the molecule is Cn1c(C(=O)N[C@H]2C[C@H](C(=O)O)C2)cc(-c2cc(C(C)(C)O)cc(C3(C)CC3)c2)c1CC1CCCCC1. The van der Waals surface area contributed by atoms with Gasteiger partial charge < -0.3 is 20.1 Å². The molecule has 1 amide bonds. The number of aliphatic hydroxyl groups is 1. The molecule has 5 rings (SSSR count). The Bertz CT molecular complexity index is 1170. The van der Waals surface area contributed by atoms with Gasteiger partial charge in [-0.2, -0.15) is 0 Å². The molecule has 1 aromatic carbocycles. The first-order valence-electron chi connectivity index (χ1n) is 14.1. The minimum Gasteiger partial charge on any atom is -0.481 e. The van der Waals surface area contributed by atoms with E-state index in [-0.39, 0.29) is 23.3 Å². The maximum absolute atomic E-state index is 13.4. The van der Waals surface area contributed by atoms with E-state index in [4.69, 9.17) is 0 Å². The Balaban J connectivity index is 1.52. The fourth-order valence-corrected chi connectivity index (χ4v) is 6.18. The summed E-state index contributed by atoms with van der Waals surface area (Å²) in [4.78, 5) is 24.6. The van der Waals surface area contributed by atoms with Crippen molar-refractivity contribution < 1.29 is 19.8 Å². The number of benzene rings is 1. The molecule has 1 heterocycles. The van der Waals surface area contributed by atoms with Crippen LogP contribution in [-0.2, 0) is 29.3 Å². The van der Waals surface area contributed by atoms with Crippen molar-refractivity contribution in [2.75, 3.05) is 0 Å². The number of rotatable bonds is 8. The molecule has 2 aromatic rings. The van der Waals surface area contributed by atoms with Gasteiger partial charge in [-0.1, -0.05) is 51.2 Å². The number of carbonyl (C=O) groups is 2. The molecule has 3 aliphatic rings. The van der Waals surface area contributed by atoms with Gasteiger partial charge in [-0.3, -0.25) is 9.59 Å². The van der Waals surface area contributed by atoms with Crippen LogP contribution in [0.1, 0.15) is 106 Å². The minimum atomic E-state index is -0.959. The molecule has 0 saturated heterocycles. The van der Waals surface area contributed by atoms with Crippen molar-refractivity contribution in [2.45, 2.75) is 102 Å². The van der Waals surface area contributed by atoms with Crippen LogP contribution in [0.25, 0.3) is 11.1 Å². The van der Waals surface area contributed by atoms with Crippen LogP contribution in [0.15, 0.2) is 24.3 Å². The summed E-state index contributed by atoms with van der Waals surface area (Å²) in [6.07, 6.45) is 10.5. The number of carboxylic acid groups (broad SMARTS) is 1. The van der Waals surface area contributed by atoms with E-state index < -0.39 is 11.6 Å². The van der Waals surface area contributed by atoms with E-state index >= 15 is 0 Å². The zero-order chi connectivity index (χ0) is 26.5. The molecule has 3 N–H and O–H groups in total. The molecule has 3 saturated carbocycles. The third-order valence-corrected chi connectivity index (χ3v) is 9.27. The Labute approximate surface area is 220 Å². The lowest BCUT2D eigenvalue weighted by atomic mass is 9.80. The van der Waals surface area contributed by atoms with Gasteiger partial charge in [0.15, 0.2) is 0 Å². The zero-order valence-electron chi connectivity index (χ0n) is 22.8. The number of nitrogens with zero attached hydrogens (tertiary/aromatic N) is 1. The minimum absolute atomic E-state index is 0.0892. The lowest BCUT2D eigenvalue weighted by molar-refractivity contribution is -0.145. The maximum atomic E-state index is 13.4. The first-order valence-corrected chi connectivity index (χ1v) is 14.1. The Morgan fingerprint density at radius 2 is 1.76 bits per heavy atom. The average Bonchev–Trinajstić information content (AvgIpc) is 3.50. The average molecular weight is 507 g/mol. The molecule has 0 spiro atoms.